The molecule has 0 unspecified atom stereocenters. The zero-order chi connectivity index (χ0) is 28.5. The Kier molecular flexibility index (Phi) is 6.25. The van der Waals surface area contributed by atoms with Gasteiger partial charge in [0.1, 0.15) is 11.0 Å². The molecule has 0 saturated carbocycles. The van der Waals surface area contributed by atoms with E-state index >= 15 is 0 Å². The summed E-state index contributed by atoms with van der Waals surface area (Å²) in [6.07, 6.45) is 0. The Bertz CT molecular complexity index is 1930. The first-order valence-electron chi connectivity index (χ1n) is 13.2. The lowest BCUT2D eigenvalue weighted by Crippen LogP contribution is -2.03. The van der Waals surface area contributed by atoms with Crippen molar-refractivity contribution in [2.24, 2.45) is 9.98 Å². The summed E-state index contributed by atoms with van der Waals surface area (Å²) in [7, 11) is 0. The number of rotatable bonds is 6. The summed E-state index contributed by atoms with van der Waals surface area (Å²) >= 11 is 0. The van der Waals surface area contributed by atoms with Gasteiger partial charge in [-0.05, 0) is 78.9 Å². The molecule has 0 amide bonds. The van der Waals surface area contributed by atoms with Gasteiger partial charge in [0, 0.05) is 22.3 Å². The maximum absolute atomic E-state index is 10.8. The first kappa shape index (κ1) is 25.0. The Labute approximate surface area is 239 Å². The standard InChI is InChI=1S/C34H22N4O4/c39-31(35-25-12-6-10-23(19-25)33-37-27-14-1-3-16-29(27)41-33)21-8-5-9-22(18-21)32(40)36-26-13-7-11-24(20-26)34-38-28-15-2-4-17-30(28)42-34/h1-20H,(H,35,39)(H,36,40). The van der Waals surface area contributed by atoms with Crippen LogP contribution in [0.4, 0.5) is 11.4 Å². The van der Waals surface area contributed by atoms with Gasteiger partial charge in [0.15, 0.2) is 11.2 Å². The minimum Gasteiger partial charge on any atom is -0.493 e. The third-order valence-corrected chi connectivity index (χ3v) is 6.62. The van der Waals surface area contributed by atoms with Crippen LogP contribution in [-0.2, 0) is 0 Å². The summed E-state index contributed by atoms with van der Waals surface area (Å²) in [5.41, 5.74) is 6.26. The number of nitrogens with zero attached hydrogens (tertiary/aromatic N) is 4. The molecule has 0 saturated heterocycles. The second kappa shape index (κ2) is 10.5. The molecule has 8 nitrogen and oxygen atoms in total. The monoisotopic (exact) mass is 550 g/mol. The SMILES string of the molecule is OC(=Nc1cccc(-c2nc3ccccc3o2)c1)c1cccc(C(O)=Nc2cccc(-c3nc4ccccc4o3)c2)c1. The predicted octanol–water partition coefficient (Wildman–Crippen LogP) is 8.58. The maximum atomic E-state index is 10.8. The normalized spacial score (nSPS) is 12.3. The smallest absolute Gasteiger partial charge is 0.227 e. The fourth-order valence-corrected chi connectivity index (χ4v) is 4.58. The molecule has 0 aliphatic heterocycles. The zero-order valence-corrected chi connectivity index (χ0v) is 22.0. The zero-order valence-electron chi connectivity index (χ0n) is 22.0. The van der Waals surface area contributed by atoms with E-state index in [9.17, 15) is 10.2 Å². The van der Waals surface area contributed by atoms with E-state index in [1.54, 1.807) is 48.5 Å². The molecule has 8 heteroatoms. The van der Waals surface area contributed by atoms with Gasteiger partial charge >= 0.3 is 0 Å². The van der Waals surface area contributed by atoms with Crippen molar-refractivity contribution in [2.75, 3.05) is 0 Å². The van der Waals surface area contributed by atoms with Crippen LogP contribution in [0, 0.1) is 0 Å². The highest BCUT2D eigenvalue weighted by Gasteiger charge is 2.12. The van der Waals surface area contributed by atoms with Gasteiger partial charge in [-0.2, -0.15) is 0 Å². The molecule has 202 valence electrons. The molecule has 7 rings (SSSR count). The summed E-state index contributed by atoms with van der Waals surface area (Å²) in [6.45, 7) is 0. The Hall–Kier alpha value is -6.02. The van der Waals surface area contributed by atoms with Crippen LogP contribution in [-0.4, -0.2) is 32.0 Å². The van der Waals surface area contributed by atoms with Crippen LogP contribution in [0.2, 0.25) is 0 Å². The topological polar surface area (TPSA) is 117 Å². The van der Waals surface area contributed by atoms with E-state index in [1.165, 1.54) is 0 Å². The van der Waals surface area contributed by atoms with E-state index in [1.807, 2.05) is 72.8 Å². The molecule has 5 aromatic carbocycles. The number of benzene rings is 5. The lowest BCUT2D eigenvalue weighted by Gasteiger charge is -2.05. The predicted molar refractivity (Wildman–Crippen MR) is 163 cm³/mol. The van der Waals surface area contributed by atoms with Crippen molar-refractivity contribution in [1.82, 2.24) is 9.97 Å². The molecular weight excluding hydrogens is 528 g/mol. The first-order chi connectivity index (χ1) is 20.6. The highest BCUT2D eigenvalue weighted by Crippen LogP contribution is 2.29. The van der Waals surface area contributed by atoms with Crippen LogP contribution in [0.1, 0.15) is 11.1 Å². The van der Waals surface area contributed by atoms with Crippen LogP contribution in [0.3, 0.4) is 0 Å². The third-order valence-electron chi connectivity index (χ3n) is 6.62. The number of aliphatic imine (C=N–C) groups is 2. The number of hydrogen-bond donors (Lipinski definition) is 2. The fraction of sp³-hybridized carbons (Fsp3) is 0. The van der Waals surface area contributed by atoms with Crippen molar-refractivity contribution in [3.05, 3.63) is 132 Å². The molecule has 0 atom stereocenters. The van der Waals surface area contributed by atoms with Crippen LogP contribution in [0.15, 0.2) is 140 Å². The molecule has 0 aliphatic carbocycles. The van der Waals surface area contributed by atoms with Crippen molar-refractivity contribution in [1.29, 1.82) is 0 Å². The number of aliphatic hydroxyl groups is 2. The second-order valence-electron chi connectivity index (χ2n) is 9.53. The minimum atomic E-state index is -0.211. The van der Waals surface area contributed by atoms with Crippen LogP contribution in [0.25, 0.3) is 45.1 Å². The second-order valence-corrected chi connectivity index (χ2v) is 9.53. The molecule has 42 heavy (non-hydrogen) atoms. The lowest BCUT2D eigenvalue weighted by atomic mass is 10.1. The number of para-hydroxylation sites is 4. The van der Waals surface area contributed by atoms with Gasteiger partial charge in [-0.25, -0.2) is 20.0 Å². The van der Waals surface area contributed by atoms with E-state index in [4.69, 9.17) is 8.83 Å². The van der Waals surface area contributed by atoms with Crippen molar-refractivity contribution in [2.45, 2.75) is 0 Å². The average Bonchev–Trinajstić information content (AvgIpc) is 3.66. The quantitative estimate of drug-likeness (QED) is 0.158. The van der Waals surface area contributed by atoms with E-state index in [0.29, 0.717) is 45.4 Å². The third kappa shape index (κ3) is 5.00. The van der Waals surface area contributed by atoms with Gasteiger partial charge < -0.3 is 19.0 Å². The number of fused-ring (bicyclic) bond motifs is 2. The molecule has 2 heterocycles. The number of oxazole rings is 2. The Morgan fingerprint density at radius 1 is 0.500 bits per heavy atom. The van der Waals surface area contributed by atoms with Gasteiger partial charge in [0.25, 0.3) is 0 Å². The van der Waals surface area contributed by atoms with Crippen LogP contribution in [0.5, 0.6) is 0 Å². The summed E-state index contributed by atoms with van der Waals surface area (Å²) in [5.74, 6) is 0.515. The van der Waals surface area contributed by atoms with Crippen molar-refractivity contribution in [3.63, 3.8) is 0 Å². The molecule has 0 fully saturated rings. The molecular formula is C34H22N4O4. The van der Waals surface area contributed by atoms with E-state index in [2.05, 4.69) is 20.0 Å². The van der Waals surface area contributed by atoms with E-state index < -0.39 is 0 Å². The van der Waals surface area contributed by atoms with Gasteiger partial charge in [-0.3, -0.25) is 0 Å². The summed E-state index contributed by atoms with van der Waals surface area (Å²) in [5, 5.41) is 21.7. The molecule has 0 spiro atoms. The van der Waals surface area contributed by atoms with Crippen molar-refractivity contribution < 1.29 is 19.0 Å². The lowest BCUT2D eigenvalue weighted by molar-refractivity contribution is 0.553. The van der Waals surface area contributed by atoms with E-state index in [-0.39, 0.29) is 11.8 Å². The highest BCUT2D eigenvalue weighted by molar-refractivity contribution is 5.99. The molecule has 2 aromatic heterocycles. The molecule has 7 aromatic rings. The molecule has 0 aliphatic rings. The molecule has 0 bridgehead atoms. The summed E-state index contributed by atoms with van der Waals surface area (Å²) in [4.78, 5) is 17.8. The van der Waals surface area contributed by atoms with Crippen LogP contribution < -0.4 is 0 Å². The highest BCUT2D eigenvalue weighted by atomic mass is 16.4. The number of hydrogen-bond acceptors (Lipinski definition) is 6. The van der Waals surface area contributed by atoms with Gasteiger partial charge in [-0.15, -0.1) is 0 Å². The number of aromatic nitrogens is 2. The first-order valence-corrected chi connectivity index (χ1v) is 13.2. The summed E-state index contributed by atoms with van der Waals surface area (Å²) < 4.78 is 11.7. The Balaban J connectivity index is 1.14. The molecule has 0 radical (unpaired) electrons. The van der Waals surface area contributed by atoms with E-state index in [0.717, 1.165) is 22.2 Å². The summed E-state index contributed by atoms with van der Waals surface area (Å²) in [6, 6.07) is 36.3. The largest absolute Gasteiger partial charge is 0.493 e. The van der Waals surface area contributed by atoms with Crippen molar-refractivity contribution in [3.8, 4) is 22.9 Å². The Morgan fingerprint density at radius 3 is 1.43 bits per heavy atom. The van der Waals surface area contributed by atoms with Crippen molar-refractivity contribution >= 4 is 45.4 Å². The maximum Gasteiger partial charge on any atom is 0.227 e. The average molecular weight is 551 g/mol. The fourth-order valence-electron chi connectivity index (χ4n) is 4.58. The van der Waals surface area contributed by atoms with Crippen LogP contribution >= 0.6 is 0 Å². The van der Waals surface area contributed by atoms with Gasteiger partial charge in [-0.1, -0.05) is 42.5 Å². The van der Waals surface area contributed by atoms with Gasteiger partial charge in [0.2, 0.25) is 23.6 Å². The van der Waals surface area contributed by atoms with Gasteiger partial charge in [0.05, 0.1) is 11.4 Å². The minimum absolute atomic E-state index is 0.211. The molecule has 2 N–H and O–H groups in total. The number of aliphatic hydroxyl groups excluding tert-OH is 2. The Morgan fingerprint density at radius 2 is 0.952 bits per heavy atom.